The van der Waals surface area contributed by atoms with Crippen molar-refractivity contribution in [3.63, 3.8) is 0 Å². The number of hydrogen-bond donors (Lipinski definition) is 3. The molecule has 11 heavy (non-hydrogen) atoms. The molecule has 0 aromatic heterocycles. The van der Waals surface area contributed by atoms with Crippen LogP contribution in [-0.4, -0.2) is 35.8 Å². The van der Waals surface area contributed by atoms with Crippen molar-refractivity contribution in [2.24, 2.45) is 5.73 Å². The molecule has 0 fully saturated rings. The highest BCUT2D eigenvalue weighted by atomic mass is 32.2. The van der Waals surface area contributed by atoms with Gasteiger partial charge in [0.15, 0.2) is 0 Å². The van der Waals surface area contributed by atoms with Crippen molar-refractivity contribution >= 4 is 17.7 Å². The van der Waals surface area contributed by atoms with Crippen LogP contribution in [0.4, 0.5) is 0 Å². The van der Waals surface area contributed by atoms with Crippen LogP contribution in [0, 0.1) is 0 Å². The predicted octanol–water partition coefficient (Wildman–Crippen LogP) is -0.301. The summed E-state index contributed by atoms with van der Waals surface area (Å²) >= 11 is 1.63. The molecule has 0 saturated carbocycles. The Balaban J connectivity index is 3.60. The van der Waals surface area contributed by atoms with Gasteiger partial charge in [-0.3, -0.25) is 10.1 Å². The first-order valence-electron chi connectivity index (χ1n) is 3.37. The van der Waals surface area contributed by atoms with E-state index in [1.54, 1.807) is 11.8 Å². The molecule has 0 aliphatic rings. The molecule has 4 N–H and O–H groups in total. The smallest absolute Gasteiger partial charge is 0.320 e. The molecule has 0 radical (unpaired) electrons. The van der Waals surface area contributed by atoms with Gasteiger partial charge >= 0.3 is 5.97 Å². The van der Waals surface area contributed by atoms with Crippen molar-refractivity contribution in [2.45, 2.75) is 12.5 Å². The lowest BCUT2D eigenvalue weighted by atomic mass is 10.2. The summed E-state index contributed by atoms with van der Waals surface area (Å²) in [7, 11) is 0. The molecule has 0 bridgehead atoms. The van der Waals surface area contributed by atoms with Gasteiger partial charge in [-0.25, -0.2) is 0 Å². The van der Waals surface area contributed by atoms with E-state index >= 15 is 0 Å². The maximum Gasteiger partial charge on any atom is 0.320 e. The number of thioether (sulfide) groups is 1. The highest BCUT2D eigenvalue weighted by molar-refractivity contribution is 7.98. The van der Waals surface area contributed by atoms with Crippen molar-refractivity contribution < 1.29 is 9.90 Å². The van der Waals surface area contributed by atoms with Gasteiger partial charge in [-0.2, -0.15) is 11.8 Å². The van der Waals surface area contributed by atoms with Crippen molar-refractivity contribution in [3.8, 4) is 0 Å². The number of carboxylic acids is 1. The predicted molar refractivity (Wildman–Crippen MR) is 46.6 cm³/mol. The highest BCUT2D eigenvalue weighted by Gasteiger charge is 2.14. The summed E-state index contributed by atoms with van der Waals surface area (Å²) in [4.78, 5) is 10.5. The van der Waals surface area contributed by atoms with Gasteiger partial charge in [0, 0.05) is 6.67 Å². The van der Waals surface area contributed by atoms with Crippen molar-refractivity contribution in [1.29, 1.82) is 0 Å². The van der Waals surface area contributed by atoms with Crippen LogP contribution in [0.3, 0.4) is 0 Å². The number of nitrogens with two attached hydrogens (primary N) is 1. The topological polar surface area (TPSA) is 75.3 Å². The van der Waals surface area contributed by atoms with E-state index in [-0.39, 0.29) is 6.67 Å². The first-order valence-corrected chi connectivity index (χ1v) is 4.77. The second kappa shape index (κ2) is 6.45. The van der Waals surface area contributed by atoms with Gasteiger partial charge in [0.1, 0.15) is 6.04 Å². The number of carboxylic acid groups (broad SMARTS) is 1. The van der Waals surface area contributed by atoms with E-state index in [1.807, 2.05) is 6.26 Å². The van der Waals surface area contributed by atoms with Crippen molar-refractivity contribution in [2.75, 3.05) is 18.7 Å². The Hall–Kier alpha value is -0.260. The summed E-state index contributed by atoms with van der Waals surface area (Å²) in [6, 6.07) is -0.493. The summed E-state index contributed by atoms with van der Waals surface area (Å²) < 4.78 is 0. The third-order valence-corrected chi connectivity index (χ3v) is 1.92. The lowest BCUT2D eigenvalue weighted by molar-refractivity contribution is -0.139. The maximum atomic E-state index is 10.5. The average molecular weight is 178 g/mol. The molecule has 0 amide bonds. The Bertz CT molecular complexity index is 121. The van der Waals surface area contributed by atoms with Crippen LogP contribution < -0.4 is 11.1 Å². The van der Waals surface area contributed by atoms with E-state index in [4.69, 9.17) is 10.8 Å². The summed E-state index contributed by atoms with van der Waals surface area (Å²) in [6.45, 7) is 0.214. The molecular formula is C6H14N2O2S. The quantitative estimate of drug-likeness (QED) is 0.487. The fourth-order valence-corrected chi connectivity index (χ4v) is 1.16. The zero-order valence-corrected chi connectivity index (χ0v) is 7.36. The molecule has 0 aromatic carbocycles. The summed E-state index contributed by atoms with van der Waals surface area (Å²) in [5.74, 6) is 0.00810. The number of nitrogens with one attached hydrogen (secondary N) is 1. The van der Waals surface area contributed by atoms with E-state index in [0.29, 0.717) is 6.42 Å². The number of hydrogen-bond acceptors (Lipinski definition) is 4. The molecule has 5 heteroatoms. The minimum Gasteiger partial charge on any atom is -0.480 e. The van der Waals surface area contributed by atoms with Crippen LogP contribution in [0.15, 0.2) is 0 Å². The minimum absolute atomic E-state index is 0.214. The SMILES string of the molecule is CSCC[C@H](NCN)C(=O)O. The Morgan fingerprint density at radius 2 is 2.45 bits per heavy atom. The van der Waals surface area contributed by atoms with E-state index in [1.165, 1.54) is 0 Å². The zero-order valence-electron chi connectivity index (χ0n) is 6.54. The van der Waals surface area contributed by atoms with Gasteiger partial charge in [0.05, 0.1) is 0 Å². The monoisotopic (exact) mass is 178 g/mol. The molecule has 0 rings (SSSR count). The Kier molecular flexibility index (Phi) is 6.30. The van der Waals surface area contributed by atoms with Crippen LogP contribution >= 0.6 is 11.8 Å². The van der Waals surface area contributed by atoms with Gasteiger partial charge in [-0.1, -0.05) is 0 Å². The molecule has 0 spiro atoms. The molecular weight excluding hydrogens is 164 g/mol. The second-order valence-corrected chi connectivity index (χ2v) is 3.07. The highest BCUT2D eigenvalue weighted by Crippen LogP contribution is 1.99. The van der Waals surface area contributed by atoms with E-state index < -0.39 is 12.0 Å². The van der Waals surface area contributed by atoms with Gasteiger partial charge in [-0.15, -0.1) is 0 Å². The first-order chi connectivity index (χ1) is 5.22. The zero-order chi connectivity index (χ0) is 8.69. The minimum atomic E-state index is -0.829. The Morgan fingerprint density at radius 1 is 1.82 bits per heavy atom. The van der Waals surface area contributed by atoms with Gasteiger partial charge in [-0.05, 0) is 18.4 Å². The molecule has 0 unspecified atom stereocenters. The van der Waals surface area contributed by atoms with Gasteiger partial charge in [0.25, 0.3) is 0 Å². The number of rotatable bonds is 6. The first kappa shape index (κ1) is 10.7. The molecule has 0 aromatic rings. The molecule has 0 aliphatic carbocycles. The van der Waals surface area contributed by atoms with E-state index in [2.05, 4.69) is 5.32 Å². The third kappa shape index (κ3) is 5.06. The number of aliphatic carboxylic acids is 1. The number of carbonyl (C=O) groups is 1. The fourth-order valence-electron chi connectivity index (χ4n) is 0.691. The molecule has 0 saturated heterocycles. The normalized spacial score (nSPS) is 12.9. The second-order valence-electron chi connectivity index (χ2n) is 2.08. The maximum absolute atomic E-state index is 10.5. The molecule has 4 nitrogen and oxygen atoms in total. The molecule has 0 aliphatic heterocycles. The standard InChI is InChI=1S/C6H14N2O2S/c1-11-3-2-5(6(9)10)8-4-7/h5,8H,2-4,7H2,1H3,(H,9,10)/t5-/m0/s1. The van der Waals surface area contributed by atoms with Crippen LogP contribution in [-0.2, 0) is 4.79 Å². The largest absolute Gasteiger partial charge is 0.480 e. The third-order valence-electron chi connectivity index (χ3n) is 1.27. The summed E-state index contributed by atoms with van der Waals surface area (Å²) in [5.41, 5.74) is 5.16. The van der Waals surface area contributed by atoms with E-state index in [9.17, 15) is 4.79 Å². The van der Waals surface area contributed by atoms with Gasteiger partial charge in [0.2, 0.25) is 0 Å². The van der Waals surface area contributed by atoms with Crippen LogP contribution in [0.25, 0.3) is 0 Å². The van der Waals surface area contributed by atoms with Crippen LogP contribution in [0.2, 0.25) is 0 Å². The van der Waals surface area contributed by atoms with Gasteiger partial charge < -0.3 is 10.8 Å². The average Bonchev–Trinajstić information content (AvgIpc) is 1.97. The Morgan fingerprint density at radius 3 is 2.82 bits per heavy atom. The lowest BCUT2D eigenvalue weighted by Gasteiger charge is -2.11. The van der Waals surface area contributed by atoms with Crippen LogP contribution in [0.5, 0.6) is 0 Å². The van der Waals surface area contributed by atoms with E-state index in [0.717, 1.165) is 5.75 Å². The summed E-state index contributed by atoms with van der Waals surface area (Å²) in [5, 5.41) is 11.3. The van der Waals surface area contributed by atoms with Crippen molar-refractivity contribution in [3.05, 3.63) is 0 Å². The van der Waals surface area contributed by atoms with Crippen molar-refractivity contribution in [1.82, 2.24) is 5.32 Å². The summed E-state index contributed by atoms with van der Waals surface area (Å²) in [6.07, 6.45) is 2.56. The Labute approximate surface area is 70.5 Å². The molecule has 0 heterocycles. The molecule has 66 valence electrons. The van der Waals surface area contributed by atoms with Crippen LogP contribution in [0.1, 0.15) is 6.42 Å². The lowest BCUT2D eigenvalue weighted by Crippen LogP contribution is -2.40. The molecule has 1 atom stereocenters. The fraction of sp³-hybridized carbons (Fsp3) is 0.833.